The van der Waals surface area contributed by atoms with Crippen LogP contribution in [0.25, 0.3) is 0 Å². The molecule has 0 aliphatic carbocycles. The molecule has 0 saturated carbocycles. The van der Waals surface area contributed by atoms with Crippen LogP contribution in [0.15, 0.2) is 0 Å². The Morgan fingerprint density at radius 1 is 1.18 bits per heavy atom. The van der Waals surface area contributed by atoms with Gasteiger partial charge in [-0.05, 0) is 6.42 Å². The zero-order valence-corrected chi connectivity index (χ0v) is 5.67. The first kappa shape index (κ1) is 10.7. The maximum Gasteiger partial charge on any atom is 0.422 e. The lowest BCUT2D eigenvalue weighted by Gasteiger charge is -2.15. The van der Waals surface area contributed by atoms with Gasteiger partial charge in [-0.3, -0.25) is 0 Å². The Kier molecular flexibility index (Phi) is 3.75. The van der Waals surface area contributed by atoms with Crippen molar-refractivity contribution in [1.82, 2.24) is 0 Å². The molecule has 0 aromatic rings. The average Bonchev–Trinajstić information content (AvgIpc) is 1.85. The van der Waals surface area contributed by atoms with Gasteiger partial charge in [0.2, 0.25) is 6.17 Å². The number of rotatable bonds is 3. The molecule has 0 spiro atoms. The normalized spacial score (nSPS) is 18.0. The fourth-order valence-corrected chi connectivity index (χ4v) is 0.546. The molecule has 0 bridgehead atoms. The van der Waals surface area contributed by atoms with Crippen molar-refractivity contribution < 1.29 is 22.0 Å². The number of hydrogen-bond donors (Lipinski definition) is 0. The summed E-state index contributed by atoms with van der Waals surface area (Å²) in [4.78, 5) is 0. The molecular formula is C6H8F5. The highest BCUT2D eigenvalue weighted by Gasteiger charge is 2.45. The third kappa shape index (κ3) is 3.53. The molecule has 5 heteroatoms. The Morgan fingerprint density at radius 3 is 1.91 bits per heavy atom. The van der Waals surface area contributed by atoms with Crippen molar-refractivity contribution in [1.29, 1.82) is 0 Å². The predicted molar refractivity (Wildman–Crippen MR) is 30.4 cm³/mol. The Labute approximate surface area is 61.4 Å². The van der Waals surface area contributed by atoms with Gasteiger partial charge in [0.1, 0.15) is 6.17 Å². The summed E-state index contributed by atoms with van der Waals surface area (Å²) in [7, 11) is 0. The van der Waals surface area contributed by atoms with Crippen LogP contribution in [-0.2, 0) is 0 Å². The van der Waals surface area contributed by atoms with Crippen molar-refractivity contribution in [2.75, 3.05) is 0 Å². The molecular weight excluding hydrogens is 167 g/mol. The van der Waals surface area contributed by atoms with Crippen molar-refractivity contribution in [3.8, 4) is 0 Å². The Hall–Kier alpha value is -0.350. The standard InChI is InChI=1S/C6H8F5/c1-2-3-4(7)5(8)6(9,10)11/h4-5H,1-3H2/t4?,5-/m0/s1. The van der Waals surface area contributed by atoms with Gasteiger partial charge in [0.15, 0.2) is 0 Å². The van der Waals surface area contributed by atoms with Crippen LogP contribution in [0.3, 0.4) is 0 Å². The van der Waals surface area contributed by atoms with Crippen LogP contribution < -0.4 is 0 Å². The summed E-state index contributed by atoms with van der Waals surface area (Å²) in [6, 6.07) is 0. The van der Waals surface area contributed by atoms with Crippen molar-refractivity contribution in [3.05, 3.63) is 6.92 Å². The van der Waals surface area contributed by atoms with Gasteiger partial charge in [0, 0.05) is 0 Å². The molecule has 0 N–H and O–H groups in total. The third-order valence-electron chi connectivity index (χ3n) is 1.11. The molecule has 0 aliphatic rings. The van der Waals surface area contributed by atoms with E-state index in [0.717, 1.165) is 0 Å². The summed E-state index contributed by atoms with van der Waals surface area (Å²) < 4.78 is 58.3. The second-order valence-electron chi connectivity index (χ2n) is 2.10. The van der Waals surface area contributed by atoms with Crippen molar-refractivity contribution in [2.24, 2.45) is 0 Å². The Bertz CT molecular complexity index is 108. The van der Waals surface area contributed by atoms with E-state index in [-0.39, 0.29) is 6.42 Å². The van der Waals surface area contributed by atoms with Crippen molar-refractivity contribution in [3.63, 3.8) is 0 Å². The summed E-state index contributed by atoms with van der Waals surface area (Å²) in [6.07, 6.45) is -11.5. The fourth-order valence-electron chi connectivity index (χ4n) is 0.546. The minimum Gasteiger partial charge on any atom is -0.244 e. The van der Waals surface area contributed by atoms with Crippen LogP contribution in [0, 0.1) is 6.92 Å². The van der Waals surface area contributed by atoms with E-state index in [1.807, 2.05) is 0 Å². The van der Waals surface area contributed by atoms with Gasteiger partial charge >= 0.3 is 6.18 Å². The lowest BCUT2D eigenvalue weighted by atomic mass is 10.1. The highest BCUT2D eigenvalue weighted by Crippen LogP contribution is 2.28. The van der Waals surface area contributed by atoms with E-state index in [2.05, 4.69) is 6.92 Å². The van der Waals surface area contributed by atoms with E-state index in [4.69, 9.17) is 0 Å². The molecule has 0 heterocycles. The Balaban J connectivity index is 3.91. The molecule has 0 aliphatic heterocycles. The second-order valence-corrected chi connectivity index (χ2v) is 2.10. The van der Waals surface area contributed by atoms with Crippen LogP contribution in [0.1, 0.15) is 12.8 Å². The predicted octanol–water partition coefficient (Wildman–Crippen LogP) is 2.84. The molecule has 0 nitrogen and oxygen atoms in total. The summed E-state index contributed by atoms with van der Waals surface area (Å²) in [5, 5.41) is 0. The van der Waals surface area contributed by atoms with Gasteiger partial charge in [0.05, 0.1) is 0 Å². The van der Waals surface area contributed by atoms with Gasteiger partial charge in [-0.1, -0.05) is 13.3 Å². The lowest BCUT2D eigenvalue weighted by molar-refractivity contribution is -0.196. The zero-order chi connectivity index (χ0) is 9.07. The first-order chi connectivity index (χ1) is 4.89. The topological polar surface area (TPSA) is 0 Å². The van der Waals surface area contributed by atoms with E-state index in [1.54, 1.807) is 0 Å². The summed E-state index contributed by atoms with van der Waals surface area (Å²) in [5.41, 5.74) is 0. The van der Waals surface area contributed by atoms with Crippen LogP contribution >= 0.6 is 0 Å². The maximum atomic E-state index is 12.2. The molecule has 0 rings (SSSR count). The minimum atomic E-state index is -5.09. The monoisotopic (exact) mass is 175 g/mol. The van der Waals surface area contributed by atoms with Gasteiger partial charge in [-0.15, -0.1) is 0 Å². The van der Waals surface area contributed by atoms with E-state index >= 15 is 0 Å². The Morgan fingerprint density at radius 2 is 1.64 bits per heavy atom. The van der Waals surface area contributed by atoms with Crippen LogP contribution in [0.5, 0.6) is 0 Å². The van der Waals surface area contributed by atoms with Gasteiger partial charge in [-0.25, -0.2) is 8.78 Å². The van der Waals surface area contributed by atoms with E-state index < -0.39 is 24.9 Å². The van der Waals surface area contributed by atoms with Gasteiger partial charge < -0.3 is 0 Å². The van der Waals surface area contributed by atoms with Crippen LogP contribution in [0.2, 0.25) is 0 Å². The average molecular weight is 175 g/mol. The van der Waals surface area contributed by atoms with Gasteiger partial charge in [0.25, 0.3) is 0 Å². The zero-order valence-electron chi connectivity index (χ0n) is 5.67. The van der Waals surface area contributed by atoms with Gasteiger partial charge in [-0.2, -0.15) is 13.2 Å². The molecule has 0 aromatic heterocycles. The molecule has 1 unspecified atom stereocenters. The first-order valence-electron chi connectivity index (χ1n) is 3.03. The first-order valence-corrected chi connectivity index (χ1v) is 3.03. The third-order valence-corrected chi connectivity index (χ3v) is 1.11. The second kappa shape index (κ2) is 3.88. The summed E-state index contributed by atoms with van der Waals surface area (Å²) in [6.45, 7) is 3.12. The summed E-state index contributed by atoms with van der Waals surface area (Å²) >= 11 is 0. The smallest absolute Gasteiger partial charge is 0.244 e. The fraction of sp³-hybridized carbons (Fsp3) is 0.833. The van der Waals surface area contributed by atoms with Crippen LogP contribution in [-0.4, -0.2) is 18.5 Å². The molecule has 1 radical (unpaired) electrons. The van der Waals surface area contributed by atoms with Crippen molar-refractivity contribution >= 4 is 0 Å². The lowest BCUT2D eigenvalue weighted by Crippen LogP contribution is -2.33. The van der Waals surface area contributed by atoms with E-state index in [1.165, 1.54) is 0 Å². The largest absolute Gasteiger partial charge is 0.422 e. The van der Waals surface area contributed by atoms with E-state index in [9.17, 15) is 22.0 Å². The minimum absolute atomic E-state index is 0.0440. The number of halogens is 5. The molecule has 0 saturated heterocycles. The van der Waals surface area contributed by atoms with Crippen molar-refractivity contribution in [2.45, 2.75) is 31.4 Å². The highest BCUT2D eigenvalue weighted by molar-refractivity contribution is 4.75. The molecule has 2 atom stereocenters. The molecule has 0 amide bonds. The van der Waals surface area contributed by atoms with E-state index in [0.29, 0.717) is 0 Å². The van der Waals surface area contributed by atoms with Crippen LogP contribution in [0.4, 0.5) is 22.0 Å². The molecule has 11 heavy (non-hydrogen) atoms. The molecule has 67 valence electrons. The SMILES string of the molecule is [CH2]CCC(F)[C@H](F)C(F)(F)F. The number of alkyl halides is 5. The maximum absolute atomic E-state index is 12.2. The number of hydrogen-bond acceptors (Lipinski definition) is 0. The highest BCUT2D eigenvalue weighted by atomic mass is 19.4. The molecule has 0 aromatic carbocycles. The molecule has 0 fully saturated rings. The summed E-state index contributed by atoms with van der Waals surface area (Å²) in [5.74, 6) is 0. The quantitative estimate of drug-likeness (QED) is 0.578.